The molecule has 0 spiro atoms. The molecule has 0 fully saturated rings. The van der Waals surface area contributed by atoms with Crippen molar-refractivity contribution in [1.82, 2.24) is 4.98 Å². The van der Waals surface area contributed by atoms with Gasteiger partial charge in [-0.15, -0.1) is 0 Å². The minimum absolute atomic E-state index is 0.471. The number of hydrogen-bond donors (Lipinski definition) is 1. The molecule has 0 amide bonds. The van der Waals surface area contributed by atoms with Gasteiger partial charge in [-0.2, -0.15) is 5.10 Å². The van der Waals surface area contributed by atoms with E-state index in [-0.39, 0.29) is 0 Å². The van der Waals surface area contributed by atoms with Crippen molar-refractivity contribution in [3.05, 3.63) is 82.5 Å². The van der Waals surface area contributed by atoms with Crippen LogP contribution in [0.3, 0.4) is 0 Å². The Morgan fingerprint density at radius 3 is 2.65 bits per heavy atom. The third kappa shape index (κ3) is 5.07. The molecular weight excluding hydrogens is 394 g/mol. The normalized spacial score (nSPS) is 10.7. The number of aromatic nitrogens is 1. The fourth-order valence-corrected chi connectivity index (χ4v) is 2.49. The van der Waals surface area contributed by atoms with Gasteiger partial charge in [0.15, 0.2) is 11.5 Å². The van der Waals surface area contributed by atoms with E-state index in [1.165, 1.54) is 0 Å². The maximum Gasteiger partial charge on any atom is 0.161 e. The number of benzene rings is 2. The summed E-state index contributed by atoms with van der Waals surface area (Å²) in [6, 6.07) is 19.3. The summed E-state index contributed by atoms with van der Waals surface area (Å²) in [4.78, 5) is 4.14. The molecule has 3 aromatic rings. The number of hydrazone groups is 1. The number of rotatable bonds is 7. The molecule has 6 heteroatoms. The largest absolute Gasteiger partial charge is 0.493 e. The van der Waals surface area contributed by atoms with E-state index in [0.29, 0.717) is 23.9 Å². The lowest BCUT2D eigenvalue weighted by Gasteiger charge is -2.11. The molecular formula is C20H18BrN3O2. The monoisotopic (exact) mass is 411 g/mol. The first kappa shape index (κ1) is 17.9. The molecule has 0 aliphatic heterocycles. The second-order valence-corrected chi connectivity index (χ2v) is 6.33. The van der Waals surface area contributed by atoms with Gasteiger partial charge in [0.25, 0.3) is 0 Å². The van der Waals surface area contributed by atoms with E-state index in [1.807, 2.05) is 60.7 Å². The molecule has 26 heavy (non-hydrogen) atoms. The van der Waals surface area contributed by atoms with E-state index in [1.54, 1.807) is 19.5 Å². The van der Waals surface area contributed by atoms with Crippen molar-refractivity contribution >= 4 is 28.0 Å². The fraction of sp³-hybridized carbons (Fsp3) is 0.100. The van der Waals surface area contributed by atoms with Crippen LogP contribution in [0, 0.1) is 0 Å². The molecule has 1 aromatic heterocycles. The Morgan fingerprint density at radius 1 is 1.08 bits per heavy atom. The average Bonchev–Trinajstić information content (AvgIpc) is 2.69. The summed E-state index contributed by atoms with van der Waals surface area (Å²) >= 11 is 3.43. The Morgan fingerprint density at radius 2 is 1.92 bits per heavy atom. The highest BCUT2D eigenvalue weighted by Gasteiger charge is 2.06. The Kier molecular flexibility index (Phi) is 6.22. The predicted octanol–water partition coefficient (Wildman–Crippen LogP) is 4.88. The second kappa shape index (κ2) is 9.01. The number of pyridine rings is 1. The van der Waals surface area contributed by atoms with Crippen molar-refractivity contribution in [3.63, 3.8) is 0 Å². The molecule has 0 bridgehead atoms. The lowest BCUT2D eigenvalue weighted by Crippen LogP contribution is -1.99. The van der Waals surface area contributed by atoms with Crippen LogP contribution in [0.2, 0.25) is 0 Å². The predicted molar refractivity (Wildman–Crippen MR) is 107 cm³/mol. The summed E-state index contributed by atoms with van der Waals surface area (Å²) < 4.78 is 12.3. The summed E-state index contributed by atoms with van der Waals surface area (Å²) in [5.41, 5.74) is 4.85. The third-order valence-electron chi connectivity index (χ3n) is 3.55. The molecule has 5 nitrogen and oxygen atoms in total. The minimum Gasteiger partial charge on any atom is -0.493 e. The van der Waals surface area contributed by atoms with Gasteiger partial charge >= 0.3 is 0 Å². The molecule has 1 N–H and O–H groups in total. The van der Waals surface area contributed by atoms with Crippen LogP contribution >= 0.6 is 15.9 Å². The number of methoxy groups -OCH3 is 1. The fourth-order valence-electron chi connectivity index (χ4n) is 2.23. The van der Waals surface area contributed by atoms with Gasteiger partial charge in [0.1, 0.15) is 12.4 Å². The number of anilines is 1. The van der Waals surface area contributed by atoms with Crippen molar-refractivity contribution in [2.45, 2.75) is 6.61 Å². The molecule has 3 rings (SSSR count). The Balaban J connectivity index is 1.64. The van der Waals surface area contributed by atoms with E-state index >= 15 is 0 Å². The summed E-state index contributed by atoms with van der Waals surface area (Å²) in [6.07, 6.45) is 3.41. The number of halogens is 1. The van der Waals surface area contributed by atoms with Gasteiger partial charge < -0.3 is 9.47 Å². The molecule has 2 aromatic carbocycles. The molecule has 0 aliphatic rings. The van der Waals surface area contributed by atoms with Crippen molar-refractivity contribution in [1.29, 1.82) is 0 Å². The van der Waals surface area contributed by atoms with Gasteiger partial charge in [0, 0.05) is 10.7 Å². The number of ether oxygens (including phenoxy) is 2. The molecule has 0 atom stereocenters. The summed E-state index contributed by atoms with van der Waals surface area (Å²) in [7, 11) is 1.62. The molecule has 0 aliphatic carbocycles. The van der Waals surface area contributed by atoms with Gasteiger partial charge in [-0.3, -0.25) is 5.43 Å². The molecule has 132 valence electrons. The Bertz CT molecular complexity index is 868. The maximum atomic E-state index is 5.87. The van der Waals surface area contributed by atoms with E-state index in [9.17, 15) is 0 Å². The molecule has 1 heterocycles. The van der Waals surface area contributed by atoms with Crippen molar-refractivity contribution in [2.24, 2.45) is 5.10 Å². The molecule has 0 saturated carbocycles. The summed E-state index contributed by atoms with van der Waals surface area (Å²) in [5, 5.41) is 4.18. The van der Waals surface area contributed by atoms with Crippen LogP contribution in [0.4, 0.5) is 5.82 Å². The van der Waals surface area contributed by atoms with Gasteiger partial charge in [-0.05, 0) is 53.6 Å². The number of nitrogens with one attached hydrogen (secondary N) is 1. The standard InChI is InChI=1S/C20H18BrN3O2/c1-25-19-12-16(13-23-24-20-4-2-3-11-22-20)7-10-18(19)26-14-15-5-8-17(21)9-6-15/h2-13H,14H2,1H3,(H,22,24)/b23-13+. The van der Waals surface area contributed by atoms with E-state index in [2.05, 4.69) is 31.4 Å². The van der Waals surface area contributed by atoms with Gasteiger partial charge in [-0.1, -0.05) is 34.1 Å². The SMILES string of the molecule is COc1cc(/C=N/Nc2ccccn2)ccc1OCc1ccc(Br)cc1. The van der Waals surface area contributed by atoms with Crippen LogP contribution in [0.1, 0.15) is 11.1 Å². The quantitative estimate of drug-likeness (QED) is 0.444. The third-order valence-corrected chi connectivity index (χ3v) is 4.08. The van der Waals surface area contributed by atoms with Crippen LogP contribution in [0.25, 0.3) is 0 Å². The lowest BCUT2D eigenvalue weighted by molar-refractivity contribution is 0.284. The average molecular weight is 412 g/mol. The summed E-state index contributed by atoms with van der Waals surface area (Å²) in [6.45, 7) is 0.471. The van der Waals surface area contributed by atoms with Crippen molar-refractivity contribution < 1.29 is 9.47 Å². The highest BCUT2D eigenvalue weighted by Crippen LogP contribution is 2.28. The highest BCUT2D eigenvalue weighted by molar-refractivity contribution is 9.10. The second-order valence-electron chi connectivity index (χ2n) is 5.41. The zero-order chi connectivity index (χ0) is 18.2. The smallest absolute Gasteiger partial charge is 0.161 e. The first-order valence-corrected chi connectivity index (χ1v) is 8.79. The first-order chi connectivity index (χ1) is 12.7. The van der Waals surface area contributed by atoms with Crippen LogP contribution in [0.15, 0.2) is 76.4 Å². The first-order valence-electron chi connectivity index (χ1n) is 8.00. The Labute approximate surface area is 160 Å². The van der Waals surface area contributed by atoms with Crippen LogP contribution in [0.5, 0.6) is 11.5 Å². The highest BCUT2D eigenvalue weighted by atomic mass is 79.9. The van der Waals surface area contributed by atoms with Crippen LogP contribution in [-0.2, 0) is 6.61 Å². The number of nitrogens with zero attached hydrogens (tertiary/aromatic N) is 2. The molecule has 0 saturated heterocycles. The summed E-state index contributed by atoms with van der Waals surface area (Å²) in [5.74, 6) is 2.03. The van der Waals surface area contributed by atoms with Crippen LogP contribution in [-0.4, -0.2) is 18.3 Å². The van der Waals surface area contributed by atoms with Gasteiger partial charge in [0.05, 0.1) is 13.3 Å². The van der Waals surface area contributed by atoms with Gasteiger partial charge in [-0.25, -0.2) is 4.98 Å². The lowest BCUT2D eigenvalue weighted by atomic mass is 10.2. The van der Waals surface area contributed by atoms with E-state index < -0.39 is 0 Å². The van der Waals surface area contributed by atoms with Gasteiger partial charge in [0.2, 0.25) is 0 Å². The Hall–Kier alpha value is -2.86. The van der Waals surface area contributed by atoms with E-state index in [0.717, 1.165) is 15.6 Å². The number of hydrogen-bond acceptors (Lipinski definition) is 5. The molecule has 0 unspecified atom stereocenters. The van der Waals surface area contributed by atoms with Crippen molar-refractivity contribution in [3.8, 4) is 11.5 Å². The maximum absolute atomic E-state index is 5.87. The topological polar surface area (TPSA) is 55.7 Å². The minimum atomic E-state index is 0.471. The van der Waals surface area contributed by atoms with Crippen molar-refractivity contribution in [2.75, 3.05) is 12.5 Å². The zero-order valence-electron chi connectivity index (χ0n) is 14.2. The van der Waals surface area contributed by atoms with E-state index in [4.69, 9.17) is 9.47 Å². The molecule has 0 radical (unpaired) electrons. The van der Waals surface area contributed by atoms with Crippen LogP contribution < -0.4 is 14.9 Å². The zero-order valence-corrected chi connectivity index (χ0v) is 15.8.